The number of ether oxygens (including phenoxy) is 1. The van der Waals surface area contributed by atoms with Crippen molar-refractivity contribution in [2.75, 3.05) is 0 Å². The number of piperidine rings is 2. The standard InChI is InChI=1S/C30H28BrFN6O3.C20H21FN4O3.C16H13FN4O3.C14H17BrN2O/c1-15-5-6-26(31)35-22(15)9-24(40)23-10-30(4)11-25(30)38(23)27(41)14-37-29-20(28(36-37)16(2)39)7-18(8-21(29)32)19-12-33-17(3)34-13-19;1-11(26)18-15-6-13(14-8-22-12(2)23-9-14)7-16(21)19(15)25(24-18)10-17(27)28-20(3,4)5;1-8(22)15-12-3-10(11-5-18-9(2)19-6-11)4-13(17)16(12)21(20-15)7-14(23)24;1-8-3-4-13(15)17-9(8)5-11(18)10-6-14(2)7-12(14)16-10/h5-8,12-13,23,25H,9-11,14H2,1-4H3;6-9H,10H2,1-5H3;3-6H,7H2,1-2H3,(H,23,24);3-4,10,12,16H,5-7H2,1-2H3/t23-,25+,30-;;;10-,12+,14-/m0..0/s1. The first-order valence-corrected chi connectivity index (χ1v) is 37.2. The molecule has 4 fully saturated rings. The molecule has 2 saturated heterocycles. The molecule has 0 unspecified atom stereocenters. The molecular weight excluding hydrogens is 1560 g/mol. The molecule has 8 aromatic heterocycles. The van der Waals surface area contributed by atoms with Gasteiger partial charge in [-0.3, -0.25) is 43.0 Å². The molecule has 31 heteroatoms. The van der Waals surface area contributed by atoms with E-state index < -0.39 is 47.6 Å². The van der Waals surface area contributed by atoms with Gasteiger partial charge in [0.05, 0.1) is 36.3 Å². The summed E-state index contributed by atoms with van der Waals surface area (Å²) in [4.78, 5) is 134. The van der Waals surface area contributed by atoms with Crippen molar-refractivity contribution in [3.63, 3.8) is 0 Å². The van der Waals surface area contributed by atoms with Gasteiger partial charge in [0.1, 0.15) is 103 Å². The molecule has 2 aliphatic heterocycles. The molecule has 2 saturated carbocycles. The predicted octanol–water partition coefficient (Wildman–Crippen LogP) is 12.9. The van der Waals surface area contributed by atoms with Gasteiger partial charge < -0.3 is 20.1 Å². The van der Waals surface area contributed by atoms with Crippen molar-refractivity contribution in [3.8, 4) is 33.4 Å². The van der Waals surface area contributed by atoms with Crippen molar-refractivity contribution >= 4 is 111 Å². The smallest absolute Gasteiger partial charge is 0.328 e. The number of aliphatic carboxylic acids is 1. The fourth-order valence-electron chi connectivity index (χ4n) is 14.2. The Hall–Kier alpha value is -10.9. The number of rotatable bonds is 18. The Balaban J connectivity index is 0.000000144. The van der Waals surface area contributed by atoms with Crippen molar-refractivity contribution in [2.45, 2.75) is 178 Å². The molecule has 2 N–H and O–H groups in total. The quantitative estimate of drug-likeness (QED) is 0.0458. The third-order valence-corrected chi connectivity index (χ3v) is 21.0. The molecule has 2 aliphatic carbocycles. The van der Waals surface area contributed by atoms with Crippen LogP contribution in [-0.4, -0.2) is 156 Å². The summed E-state index contributed by atoms with van der Waals surface area (Å²) in [5.41, 5.74) is 6.74. The van der Waals surface area contributed by atoms with Crippen LogP contribution in [0.25, 0.3) is 66.1 Å². The molecule has 6 atom stereocenters. The van der Waals surface area contributed by atoms with Gasteiger partial charge in [-0.1, -0.05) is 26.0 Å². The van der Waals surface area contributed by atoms with Crippen molar-refractivity contribution in [3.05, 3.63) is 182 Å². The Kier molecular flexibility index (Phi) is 22.6. The highest BCUT2D eigenvalue weighted by Crippen LogP contribution is 2.59. The number of carbonyl (C=O) groups excluding carboxylic acids is 7. The number of aromatic nitrogens is 14. The number of Topliss-reactive ketones (excluding diaryl/α,β-unsaturated/α-hetero) is 5. The zero-order valence-corrected chi connectivity index (χ0v) is 66.3. The van der Waals surface area contributed by atoms with E-state index in [1.165, 1.54) is 54.8 Å². The first-order valence-electron chi connectivity index (χ1n) is 35.6. The molecule has 10 heterocycles. The van der Waals surface area contributed by atoms with Gasteiger partial charge in [-0.05, 0) is 200 Å². The maximum absolute atomic E-state index is 15.6. The SMILES string of the molecule is CC(=O)c1nn(CC(=O)N2[C@H](C(=O)Cc3nc(Br)ccc3C)C[C@@]3(C)C[C@@H]23)c2c(F)cc(-c3cnc(C)nc3)cc12.CC(=O)c1nn(CC(=O)O)c2c(F)cc(-c3cnc(C)nc3)cc12.CC(=O)c1nn(CC(=O)OC(C)(C)C)c2c(F)cc(-c3cnc(C)nc3)cc12.Cc1ccc(Br)nc1CC(=O)[C@@H]1C[C@@]2(C)C[C@H]2N1. The Bertz CT molecular complexity index is 5610. The minimum atomic E-state index is -1.18. The largest absolute Gasteiger partial charge is 0.480 e. The first-order chi connectivity index (χ1) is 52.3. The Morgan fingerprint density at radius 3 is 1.28 bits per heavy atom. The maximum atomic E-state index is 15.6. The number of carbonyl (C=O) groups is 8. The van der Waals surface area contributed by atoms with E-state index >= 15 is 4.39 Å². The van der Waals surface area contributed by atoms with Gasteiger partial charge in [0.2, 0.25) is 5.91 Å². The number of esters is 1. The van der Waals surface area contributed by atoms with Gasteiger partial charge in [0, 0.05) is 103 Å². The fraction of sp³-hybridized carbons (Fsp3) is 0.362. The number of carboxylic acid groups (broad SMARTS) is 1. The highest BCUT2D eigenvalue weighted by Gasteiger charge is 2.64. The third-order valence-electron chi connectivity index (χ3n) is 20.1. The number of carboxylic acids is 1. The number of likely N-dealkylation sites (tertiary alicyclic amines) is 1. The van der Waals surface area contributed by atoms with Crippen LogP contribution < -0.4 is 5.32 Å². The summed E-state index contributed by atoms with van der Waals surface area (Å²) in [7, 11) is 0. The summed E-state index contributed by atoms with van der Waals surface area (Å²) in [6.07, 6.45) is 13.6. The second-order valence-corrected chi connectivity index (χ2v) is 31.7. The average Bonchev–Trinajstić information content (AvgIpc) is 1.72. The number of nitrogens with one attached hydrogen (secondary N) is 1. The molecule has 11 aromatic rings. The molecule has 0 bridgehead atoms. The lowest BCUT2D eigenvalue weighted by molar-refractivity contribution is -0.155. The summed E-state index contributed by atoms with van der Waals surface area (Å²) >= 11 is 6.72. The number of halogens is 5. The summed E-state index contributed by atoms with van der Waals surface area (Å²) in [5, 5.41) is 25.8. The van der Waals surface area contributed by atoms with Gasteiger partial charge in [-0.15, -0.1) is 0 Å². The van der Waals surface area contributed by atoms with Crippen LogP contribution in [0.3, 0.4) is 0 Å². The maximum Gasteiger partial charge on any atom is 0.328 e. The lowest BCUT2D eigenvalue weighted by Crippen LogP contribution is -2.45. The van der Waals surface area contributed by atoms with Gasteiger partial charge in [0.25, 0.3) is 0 Å². The van der Waals surface area contributed by atoms with E-state index in [9.17, 15) is 47.1 Å². The summed E-state index contributed by atoms with van der Waals surface area (Å²) in [5.74, 6) is -3.05. The second-order valence-electron chi connectivity index (χ2n) is 30.1. The molecule has 574 valence electrons. The molecule has 26 nitrogen and oxygen atoms in total. The Morgan fingerprint density at radius 2 is 0.910 bits per heavy atom. The van der Waals surface area contributed by atoms with Crippen LogP contribution in [0.5, 0.6) is 0 Å². The predicted molar refractivity (Wildman–Crippen MR) is 410 cm³/mol. The molecule has 3 aromatic carbocycles. The third kappa shape index (κ3) is 17.6. The number of benzene rings is 3. The van der Waals surface area contributed by atoms with Crippen molar-refractivity contribution in [1.82, 2.24) is 79.4 Å². The van der Waals surface area contributed by atoms with Gasteiger partial charge >= 0.3 is 11.9 Å². The molecule has 1 amide bonds. The summed E-state index contributed by atoms with van der Waals surface area (Å²) < 4.78 is 55.3. The number of fused-ring (bicyclic) bond motifs is 5. The van der Waals surface area contributed by atoms with Crippen LogP contribution in [0.1, 0.15) is 153 Å². The average molecular weight is 1640 g/mol. The van der Waals surface area contributed by atoms with Gasteiger partial charge in [-0.2, -0.15) is 15.3 Å². The zero-order chi connectivity index (χ0) is 80.2. The molecule has 15 rings (SSSR count). The Morgan fingerprint density at radius 1 is 0.523 bits per heavy atom. The van der Waals surface area contributed by atoms with Crippen LogP contribution >= 0.6 is 31.9 Å². The van der Waals surface area contributed by atoms with Crippen LogP contribution in [0.15, 0.2) is 107 Å². The summed E-state index contributed by atoms with van der Waals surface area (Å²) in [6.45, 7) is 21.6. The van der Waals surface area contributed by atoms with E-state index in [2.05, 4.69) is 106 Å². The molecule has 111 heavy (non-hydrogen) atoms. The lowest BCUT2D eigenvalue weighted by Gasteiger charge is -2.27. The fourth-order valence-corrected chi connectivity index (χ4v) is 14.9. The van der Waals surface area contributed by atoms with E-state index in [0.717, 1.165) is 38.9 Å². The topological polar surface area (TPSA) is 338 Å². The minimum absolute atomic E-state index is 0.0145. The zero-order valence-electron chi connectivity index (χ0n) is 63.1. The number of aryl methyl sites for hydroxylation is 5. The van der Waals surface area contributed by atoms with Gasteiger partial charge in [0.15, 0.2) is 28.9 Å². The number of hydrogen-bond acceptors (Lipinski definition) is 21. The van der Waals surface area contributed by atoms with Crippen LogP contribution in [-0.2, 0) is 61.2 Å². The van der Waals surface area contributed by atoms with Gasteiger partial charge in [-0.25, -0.2) is 62.4 Å². The van der Waals surface area contributed by atoms with Crippen LogP contribution in [0.4, 0.5) is 13.2 Å². The number of nitrogens with zero attached hydrogens (tertiary/aromatic N) is 15. The Labute approximate surface area is 652 Å². The second kappa shape index (κ2) is 31.5. The van der Waals surface area contributed by atoms with Crippen molar-refractivity contribution in [2.24, 2.45) is 10.8 Å². The number of pyridine rings is 2. The van der Waals surface area contributed by atoms with E-state index in [0.29, 0.717) is 96.2 Å². The number of hydrogen-bond donors (Lipinski definition) is 2. The number of ketones is 5. The molecule has 0 spiro atoms. The highest BCUT2D eigenvalue weighted by atomic mass is 79.9. The monoisotopic (exact) mass is 1640 g/mol. The number of amides is 1. The van der Waals surface area contributed by atoms with E-state index in [1.807, 2.05) is 38.1 Å². The van der Waals surface area contributed by atoms with E-state index in [-0.39, 0.29) is 111 Å². The highest BCUT2D eigenvalue weighted by molar-refractivity contribution is 9.10. The van der Waals surface area contributed by atoms with Crippen LogP contribution in [0.2, 0.25) is 0 Å². The normalized spacial score (nSPS) is 18.6. The minimum Gasteiger partial charge on any atom is -0.480 e. The van der Waals surface area contributed by atoms with E-state index in [1.54, 1.807) is 102 Å². The van der Waals surface area contributed by atoms with Crippen molar-refractivity contribution < 1.29 is 61.4 Å². The van der Waals surface area contributed by atoms with Crippen LogP contribution in [0, 0.1) is 62.9 Å². The molecular formula is C80H79Br2F3N16O10. The van der Waals surface area contributed by atoms with Crippen molar-refractivity contribution in [1.29, 1.82) is 0 Å². The lowest BCUT2D eigenvalue weighted by atomic mass is 9.96. The first kappa shape index (κ1) is 79.6. The van der Waals surface area contributed by atoms with E-state index in [4.69, 9.17) is 9.84 Å². The molecule has 4 aliphatic rings. The summed E-state index contributed by atoms with van der Waals surface area (Å²) in [6, 6.07) is 16.4. The molecule has 0 radical (unpaired) electrons.